The minimum absolute atomic E-state index is 0.00326. The van der Waals surface area contributed by atoms with Crippen molar-refractivity contribution >= 4 is 35.0 Å². The maximum Gasteiger partial charge on any atom is 0.248 e. The van der Waals surface area contributed by atoms with Gasteiger partial charge in [0, 0.05) is 28.2 Å². The summed E-state index contributed by atoms with van der Waals surface area (Å²) in [5.41, 5.74) is 7.32. The van der Waals surface area contributed by atoms with Gasteiger partial charge in [-0.2, -0.15) is 0 Å². The summed E-state index contributed by atoms with van der Waals surface area (Å²) in [5, 5.41) is 1.00. The van der Waals surface area contributed by atoms with Gasteiger partial charge >= 0.3 is 0 Å². The average Bonchev–Trinajstić information content (AvgIpc) is 3.41. The Kier molecular flexibility index (Phi) is 5.30. The first-order valence-electron chi connectivity index (χ1n) is 8.07. The van der Waals surface area contributed by atoms with Crippen molar-refractivity contribution in [2.75, 3.05) is 0 Å². The molecule has 0 spiro atoms. The Morgan fingerprint density at radius 3 is 2.16 bits per heavy atom. The van der Waals surface area contributed by atoms with E-state index in [-0.39, 0.29) is 18.4 Å². The van der Waals surface area contributed by atoms with Crippen molar-refractivity contribution in [1.82, 2.24) is 4.90 Å². The third-order valence-corrected chi connectivity index (χ3v) is 5.00. The highest BCUT2D eigenvalue weighted by Gasteiger charge is 2.32. The van der Waals surface area contributed by atoms with Gasteiger partial charge < -0.3 is 10.6 Å². The fourth-order valence-electron chi connectivity index (χ4n) is 2.73. The maximum atomic E-state index is 12.8. The number of amides is 2. The van der Waals surface area contributed by atoms with Crippen LogP contribution < -0.4 is 5.73 Å². The lowest BCUT2D eigenvalue weighted by Crippen LogP contribution is -2.34. The number of rotatable bonds is 6. The molecule has 25 heavy (non-hydrogen) atoms. The van der Waals surface area contributed by atoms with Crippen LogP contribution in [0.15, 0.2) is 42.5 Å². The van der Waals surface area contributed by atoms with Crippen LogP contribution in [0.4, 0.5) is 0 Å². The zero-order chi connectivity index (χ0) is 18.0. The first-order valence-corrected chi connectivity index (χ1v) is 8.82. The lowest BCUT2D eigenvalue weighted by atomic mass is 10.1. The van der Waals surface area contributed by atoms with Crippen molar-refractivity contribution in [2.45, 2.75) is 31.8 Å². The molecule has 0 atom stereocenters. The first kappa shape index (κ1) is 17.8. The molecular weight excluding hydrogens is 359 g/mol. The van der Waals surface area contributed by atoms with Crippen LogP contribution in [0.1, 0.15) is 34.3 Å². The summed E-state index contributed by atoms with van der Waals surface area (Å²) < 4.78 is 0. The van der Waals surface area contributed by atoms with Crippen LogP contribution in [0.5, 0.6) is 0 Å². The molecule has 0 aromatic heterocycles. The zero-order valence-corrected chi connectivity index (χ0v) is 15.1. The van der Waals surface area contributed by atoms with Crippen molar-refractivity contribution in [3.05, 3.63) is 69.2 Å². The quantitative estimate of drug-likeness (QED) is 0.832. The van der Waals surface area contributed by atoms with Crippen LogP contribution in [0, 0.1) is 0 Å². The van der Waals surface area contributed by atoms with E-state index < -0.39 is 5.91 Å². The molecule has 0 bridgehead atoms. The minimum Gasteiger partial charge on any atom is -0.366 e. The summed E-state index contributed by atoms with van der Waals surface area (Å²) in [7, 11) is 0. The highest BCUT2D eigenvalue weighted by atomic mass is 35.5. The van der Waals surface area contributed by atoms with Crippen LogP contribution in [0.3, 0.4) is 0 Å². The van der Waals surface area contributed by atoms with Crippen LogP contribution in [-0.2, 0) is 17.8 Å². The molecule has 2 aromatic carbocycles. The van der Waals surface area contributed by atoms with Gasteiger partial charge in [0.15, 0.2) is 0 Å². The summed E-state index contributed by atoms with van der Waals surface area (Å²) in [6, 6.07) is 12.5. The Hall–Kier alpha value is -2.04. The van der Waals surface area contributed by atoms with Gasteiger partial charge in [-0.1, -0.05) is 41.4 Å². The third-order valence-electron chi connectivity index (χ3n) is 4.29. The second-order valence-corrected chi connectivity index (χ2v) is 7.01. The van der Waals surface area contributed by atoms with E-state index in [4.69, 9.17) is 28.9 Å². The molecule has 3 rings (SSSR count). The largest absolute Gasteiger partial charge is 0.366 e. The van der Waals surface area contributed by atoms with E-state index in [0.717, 1.165) is 18.4 Å². The van der Waals surface area contributed by atoms with Gasteiger partial charge in [-0.25, -0.2) is 0 Å². The predicted molar refractivity (Wildman–Crippen MR) is 98.7 cm³/mol. The van der Waals surface area contributed by atoms with E-state index in [9.17, 15) is 9.59 Å². The SMILES string of the molecule is NC(=O)c1ccc(CN(C(=O)Cc2c(Cl)cccc2Cl)C2CC2)cc1. The number of hydrogen-bond acceptors (Lipinski definition) is 2. The predicted octanol–water partition coefficient (Wildman–Crippen LogP) is 3.83. The van der Waals surface area contributed by atoms with Crippen molar-refractivity contribution in [3.63, 3.8) is 0 Å². The summed E-state index contributed by atoms with van der Waals surface area (Å²) in [6.45, 7) is 0.491. The van der Waals surface area contributed by atoms with Gasteiger partial charge in [0.1, 0.15) is 0 Å². The Bertz CT molecular complexity index is 781. The van der Waals surface area contributed by atoms with E-state index >= 15 is 0 Å². The Balaban J connectivity index is 1.75. The first-order chi connectivity index (χ1) is 12.0. The molecule has 0 aliphatic heterocycles. The van der Waals surface area contributed by atoms with Crippen molar-refractivity contribution in [3.8, 4) is 0 Å². The highest BCUT2D eigenvalue weighted by Crippen LogP contribution is 2.31. The fourth-order valence-corrected chi connectivity index (χ4v) is 3.26. The Morgan fingerprint density at radius 2 is 1.64 bits per heavy atom. The van der Waals surface area contributed by atoms with Crippen LogP contribution >= 0.6 is 23.2 Å². The average molecular weight is 377 g/mol. The highest BCUT2D eigenvalue weighted by molar-refractivity contribution is 6.36. The van der Waals surface area contributed by atoms with E-state index in [1.54, 1.807) is 30.3 Å². The number of nitrogens with two attached hydrogens (primary N) is 1. The topological polar surface area (TPSA) is 63.4 Å². The van der Waals surface area contributed by atoms with Crippen molar-refractivity contribution < 1.29 is 9.59 Å². The van der Waals surface area contributed by atoms with Crippen LogP contribution in [0.2, 0.25) is 10.0 Å². The molecule has 2 aromatic rings. The van der Waals surface area contributed by atoms with E-state index in [1.807, 2.05) is 17.0 Å². The molecule has 1 aliphatic carbocycles. The third kappa shape index (κ3) is 4.33. The Labute approximate surface area is 156 Å². The van der Waals surface area contributed by atoms with Crippen LogP contribution in [-0.4, -0.2) is 22.8 Å². The van der Waals surface area contributed by atoms with Gasteiger partial charge in [-0.05, 0) is 48.2 Å². The van der Waals surface area contributed by atoms with Crippen molar-refractivity contribution in [1.29, 1.82) is 0 Å². The number of halogens is 2. The molecule has 6 heteroatoms. The second kappa shape index (κ2) is 7.46. The number of benzene rings is 2. The molecule has 0 heterocycles. The summed E-state index contributed by atoms with van der Waals surface area (Å²) in [6.07, 6.45) is 2.18. The molecule has 1 aliphatic rings. The van der Waals surface area contributed by atoms with Gasteiger partial charge in [0.05, 0.1) is 6.42 Å². The number of nitrogens with zero attached hydrogens (tertiary/aromatic N) is 1. The molecule has 1 saturated carbocycles. The number of carbonyl (C=O) groups is 2. The molecule has 2 N–H and O–H groups in total. The number of hydrogen-bond donors (Lipinski definition) is 1. The van der Waals surface area contributed by atoms with E-state index in [2.05, 4.69) is 0 Å². The van der Waals surface area contributed by atoms with Crippen molar-refractivity contribution in [2.24, 2.45) is 5.73 Å². The molecule has 2 amide bonds. The monoisotopic (exact) mass is 376 g/mol. The molecule has 0 radical (unpaired) electrons. The van der Waals surface area contributed by atoms with Gasteiger partial charge in [-0.3, -0.25) is 9.59 Å². The minimum atomic E-state index is -0.463. The lowest BCUT2D eigenvalue weighted by molar-refractivity contribution is -0.131. The molecular formula is C19H18Cl2N2O2. The molecule has 0 unspecified atom stereocenters. The van der Waals surface area contributed by atoms with Crippen LogP contribution in [0.25, 0.3) is 0 Å². The maximum absolute atomic E-state index is 12.8. The summed E-state index contributed by atoms with van der Waals surface area (Å²) >= 11 is 12.4. The normalized spacial score (nSPS) is 13.5. The Morgan fingerprint density at radius 1 is 1.04 bits per heavy atom. The van der Waals surface area contributed by atoms with Gasteiger partial charge in [-0.15, -0.1) is 0 Å². The second-order valence-electron chi connectivity index (χ2n) is 6.19. The lowest BCUT2D eigenvalue weighted by Gasteiger charge is -2.23. The smallest absolute Gasteiger partial charge is 0.248 e. The molecule has 130 valence electrons. The molecule has 0 saturated heterocycles. The van der Waals surface area contributed by atoms with Gasteiger partial charge in [0.2, 0.25) is 11.8 Å². The summed E-state index contributed by atoms with van der Waals surface area (Å²) in [4.78, 5) is 25.8. The molecule has 4 nitrogen and oxygen atoms in total. The van der Waals surface area contributed by atoms with E-state index in [1.165, 1.54) is 0 Å². The van der Waals surface area contributed by atoms with E-state index in [0.29, 0.717) is 27.7 Å². The number of primary amides is 1. The number of carbonyl (C=O) groups excluding carboxylic acids is 2. The standard InChI is InChI=1S/C19H18Cl2N2O2/c20-16-2-1-3-17(21)15(16)10-18(24)23(14-8-9-14)11-12-4-6-13(7-5-12)19(22)25/h1-7,14H,8-11H2,(H2,22,25). The zero-order valence-electron chi connectivity index (χ0n) is 13.5. The fraction of sp³-hybridized carbons (Fsp3) is 0.263. The van der Waals surface area contributed by atoms with Gasteiger partial charge in [0.25, 0.3) is 0 Å². The summed E-state index contributed by atoms with van der Waals surface area (Å²) in [5.74, 6) is -0.466. The molecule has 1 fully saturated rings.